The standard InChI is InChI=1S/C23H27Cl2N3O4/c1-3-26-21(30)14(2)28(13-15-8-9-18(24)19(25)12-15)20(29)10-11-27-22(31)16-6-4-5-7-17(16)23(27)32/h4-5,8-9,12,14,16-17H,3,6-7,10-11,13H2,1-2H3,(H,26,30)/t14?,16-,17+. The molecule has 1 aliphatic heterocycles. The number of hydrogen-bond donors (Lipinski definition) is 1. The molecule has 4 amide bonds. The number of allylic oxidation sites excluding steroid dienone is 2. The van der Waals surface area contributed by atoms with Gasteiger partial charge in [-0.1, -0.05) is 41.4 Å². The molecule has 0 radical (unpaired) electrons. The van der Waals surface area contributed by atoms with E-state index in [2.05, 4.69) is 5.32 Å². The molecule has 32 heavy (non-hydrogen) atoms. The first-order valence-electron chi connectivity index (χ1n) is 10.8. The molecule has 2 aliphatic rings. The van der Waals surface area contributed by atoms with Crippen LogP contribution in [0.25, 0.3) is 0 Å². The van der Waals surface area contributed by atoms with E-state index < -0.39 is 6.04 Å². The van der Waals surface area contributed by atoms with Gasteiger partial charge in [0.25, 0.3) is 0 Å². The molecule has 1 heterocycles. The van der Waals surface area contributed by atoms with Crippen LogP contribution < -0.4 is 5.32 Å². The maximum absolute atomic E-state index is 13.2. The lowest BCUT2D eigenvalue weighted by molar-refractivity contribution is -0.143. The molecule has 1 aliphatic carbocycles. The molecule has 0 saturated carbocycles. The summed E-state index contributed by atoms with van der Waals surface area (Å²) in [5, 5.41) is 3.48. The summed E-state index contributed by atoms with van der Waals surface area (Å²) in [6, 6.07) is 4.29. The Morgan fingerprint density at radius 1 is 1.12 bits per heavy atom. The molecule has 1 aromatic rings. The average molecular weight is 480 g/mol. The van der Waals surface area contributed by atoms with Crippen molar-refractivity contribution < 1.29 is 19.2 Å². The molecule has 0 spiro atoms. The fraction of sp³-hybridized carbons (Fsp3) is 0.478. The molecule has 3 atom stereocenters. The highest BCUT2D eigenvalue weighted by Crippen LogP contribution is 2.35. The number of nitrogens with one attached hydrogen (secondary N) is 1. The zero-order valence-corrected chi connectivity index (χ0v) is 19.7. The molecule has 172 valence electrons. The second-order valence-corrected chi connectivity index (χ2v) is 8.89. The van der Waals surface area contributed by atoms with Crippen LogP contribution in [-0.4, -0.2) is 52.6 Å². The third kappa shape index (κ3) is 5.15. The highest BCUT2D eigenvalue weighted by atomic mass is 35.5. The number of carbonyl (C=O) groups is 4. The number of likely N-dealkylation sites (N-methyl/N-ethyl adjacent to an activating group) is 1. The van der Waals surface area contributed by atoms with E-state index >= 15 is 0 Å². The molecule has 3 rings (SSSR count). The highest BCUT2D eigenvalue weighted by molar-refractivity contribution is 6.42. The minimum atomic E-state index is -0.742. The van der Waals surface area contributed by atoms with Crippen molar-refractivity contribution >= 4 is 46.8 Å². The van der Waals surface area contributed by atoms with Gasteiger partial charge in [0.1, 0.15) is 6.04 Å². The molecule has 0 bridgehead atoms. The maximum atomic E-state index is 13.2. The van der Waals surface area contributed by atoms with Crippen molar-refractivity contribution in [3.63, 3.8) is 0 Å². The van der Waals surface area contributed by atoms with Crippen molar-refractivity contribution in [3.8, 4) is 0 Å². The second kappa shape index (κ2) is 10.5. The van der Waals surface area contributed by atoms with E-state index in [1.54, 1.807) is 32.0 Å². The van der Waals surface area contributed by atoms with Crippen molar-refractivity contribution in [1.29, 1.82) is 0 Å². The Balaban J connectivity index is 1.73. The predicted molar refractivity (Wildman–Crippen MR) is 122 cm³/mol. The Morgan fingerprint density at radius 3 is 2.31 bits per heavy atom. The quantitative estimate of drug-likeness (QED) is 0.458. The number of carbonyl (C=O) groups excluding carboxylic acids is 4. The Labute approximate surface area is 197 Å². The lowest BCUT2D eigenvalue weighted by Crippen LogP contribution is -2.48. The summed E-state index contributed by atoms with van der Waals surface area (Å²) in [5.74, 6) is -1.71. The van der Waals surface area contributed by atoms with Crippen molar-refractivity contribution in [2.75, 3.05) is 13.1 Å². The van der Waals surface area contributed by atoms with Crippen LogP contribution in [0, 0.1) is 11.8 Å². The molecule has 9 heteroatoms. The summed E-state index contributed by atoms with van der Waals surface area (Å²) in [4.78, 5) is 53.6. The van der Waals surface area contributed by atoms with Gasteiger partial charge in [-0.3, -0.25) is 24.1 Å². The van der Waals surface area contributed by atoms with Gasteiger partial charge in [0.15, 0.2) is 0 Å². The van der Waals surface area contributed by atoms with E-state index in [4.69, 9.17) is 23.2 Å². The van der Waals surface area contributed by atoms with E-state index in [9.17, 15) is 19.2 Å². The Kier molecular flexibility index (Phi) is 7.96. The lowest BCUT2D eigenvalue weighted by Gasteiger charge is -2.29. The third-order valence-electron chi connectivity index (χ3n) is 6.00. The van der Waals surface area contributed by atoms with Gasteiger partial charge in [0.2, 0.25) is 23.6 Å². The average Bonchev–Trinajstić information content (AvgIpc) is 3.02. The molecule has 1 saturated heterocycles. The number of imide groups is 1. The van der Waals surface area contributed by atoms with Crippen LogP contribution in [0.1, 0.15) is 38.7 Å². The van der Waals surface area contributed by atoms with E-state index in [0.717, 1.165) is 0 Å². The SMILES string of the molecule is CCNC(=O)C(C)N(Cc1ccc(Cl)c(Cl)c1)C(=O)CCN1C(=O)[C@H]2CC=CC[C@H]2C1=O. The fourth-order valence-electron chi connectivity index (χ4n) is 4.18. The Morgan fingerprint density at radius 2 is 1.75 bits per heavy atom. The molecule has 1 unspecified atom stereocenters. The van der Waals surface area contributed by atoms with Crippen LogP contribution >= 0.6 is 23.2 Å². The summed E-state index contributed by atoms with van der Waals surface area (Å²) >= 11 is 12.1. The monoisotopic (exact) mass is 479 g/mol. The van der Waals surface area contributed by atoms with Gasteiger partial charge in [-0.25, -0.2) is 0 Å². The van der Waals surface area contributed by atoms with E-state index in [0.29, 0.717) is 35.0 Å². The van der Waals surface area contributed by atoms with Gasteiger partial charge < -0.3 is 10.2 Å². The number of rotatable bonds is 8. The van der Waals surface area contributed by atoms with Gasteiger partial charge in [0, 0.05) is 26.1 Å². The van der Waals surface area contributed by atoms with Crippen LogP contribution in [0.5, 0.6) is 0 Å². The predicted octanol–water partition coefficient (Wildman–Crippen LogP) is 3.19. The zero-order valence-electron chi connectivity index (χ0n) is 18.1. The minimum Gasteiger partial charge on any atom is -0.355 e. The van der Waals surface area contributed by atoms with E-state index in [1.807, 2.05) is 12.2 Å². The van der Waals surface area contributed by atoms with Gasteiger partial charge in [-0.05, 0) is 44.4 Å². The molecule has 7 nitrogen and oxygen atoms in total. The molecule has 1 N–H and O–H groups in total. The number of halogens is 2. The van der Waals surface area contributed by atoms with Gasteiger partial charge in [0.05, 0.1) is 21.9 Å². The number of hydrogen-bond acceptors (Lipinski definition) is 4. The van der Waals surface area contributed by atoms with Crippen molar-refractivity contribution in [3.05, 3.63) is 46.0 Å². The number of nitrogens with zero attached hydrogens (tertiary/aromatic N) is 2. The van der Waals surface area contributed by atoms with Crippen LogP contribution in [0.15, 0.2) is 30.4 Å². The maximum Gasteiger partial charge on any atom is 0.242 e. The zero-order chi connectivity index (χ0) is 23.4. The summed E-state index contributed by atoms with van der Waals surface area (Å²) in [7, 11) is 0. The Bertz CT molecular complexity index is 923. The number of amides is 4. The molecule has 0 aromatic heterocycles. The molecule has 1 aromatic carbocycles. The largest absolute Gasteiger partial charge is 0.355 e. The topological polar surface area (TPSA) is 86.8 Å². The van der Waals surface area contributed by atoms with Crippen LogP contribution in [0.4, 0.5) is 0 Å². The van der Waals surface area contributed by atoms with E-state index in [-0.39, 0.29) is 55.0 Å². The summed E-state index contributed by atoms with van der Waals surface area (Å²) in [6.45, 7) is 4.03. The molecular weight excluding hydrogens is 453 g/mol. The fourth-order valence-corrected chi connectivity index (χ4v) is 4.50. The molecular formula is C23H27Cl2N3O4. The summed E-state index contributed by atoms with van der Waals surface area (Å²) in [5.41, 5.74) is 0.717. The first-order valence-corrected chi connectivity index (χ1v) is 11.5. The Hall–Kier alpha value is -2.38. The lowest BCUT2D eigenvalue weighted by atomic mass is 9.85. The van der Waals surface area contributed by atoms with Crippen LogP contribution in [-0.2, 0) is 25.7 Å². The van der Waals surface area contributed by atoms with Crippen molar-refractivity contribution in [2.45, 2.75) is 45.7 Å². The third-order valence-corrected chi connectivity index (χ3v) is 6.74. The van der Waals surface area contributed by atoms with E-state index in [1.165, 1.54) is 9.80 Å². The smallest absolute Gasteiger partial charge is 0.242 e. The summed E-state index contributed by atoms with van der Waals surface area (Å²) in [6.07, 6.45) is 4.89. The van der Waals surface area contributed by atoms with Gasteiger partial charge in [-0.15, -0.1) is 0 Å². The van der Waals surface area contributed by atoms with Gasteiger partial charge >= 0.3 is 0 Å². The molecule has 1 fully saturated rings. The second-order valence-electron chi connectivity index (χ2n) is 8.07. The minimum absolute atomic E-state index is 0.00346. The number of likely N-dealkylation sites (tertiary alicyclic amines) is 1. The van der Waals surface area contributed by atoms with Crippen LogP contribution in [0.3, 0.4) is 0 Å². The number of fused-ring (bicyclic) bond motifs is 1. The summed E-state index contributed by atoms with van der Waals surface area (Å²) < 4.78 is 0. The first-order chi connectivity index (χ1) is 15.2. The van der Waals surface area contributed by atoms with Crippen molar-refractivity contribution in [1.82, 2.24) is 15.1 Å². The number of benzene rings is 1. The van der Waals surface area contributed by atoms with Gasteiger partial charge in [-0.2, -0.15) is 0 Å². The highest BCUT2D eigenvalue weighted by Gasteiger charge is 2.47. The normalized spacial score (nSPS) is 20.8. The van der Waals surface area contributed by atoms with Crippen LogP contribution in [0.2, 0.25) is 10.0 Å². The van der Waals surface area contributed by atoms with Crippen molar-refractivity contribution in [2.24, 2.45) is 11.8 Å². The first kappa shape index (κ1) is 24.3.